The van der Waals surface area contributed by atoms with Gasteiger partial charge in [-0.3, -0.25) is 15.1 Å². The Morgan fingerprint density at radius 3 is 2.73 bits per heavy atom. The van der Waals surface area contributed by atoms with Gasteiger partial charge in [0.2, 0.25) is 0 Å². The van der Waals surface area contributed by atoms with Gasteiger partial charge in [-0.15, -0.1) is 11.3 Å². The molecular weight excluding hydrogens is 392 g/mol. The number of pyridine rings is 3. The minimum atomic E-state index is 0.792. The number of aryl methyl sites for hydroxylation is 1. The molecule has 7 heteroatoms. The van der Waals surface area contributed by atoms with Gasteiger partial charge in [-0.1, -0.05) is 0 Å². The zero-order valence-corrected chi connectivity index (χ0v) is 16.9. The van der Waals surface area contributed by atoms with Gasteiger partial charge in [-0.25, -0.2) is 4.98 Å². The molecule has 0 amide bonds. The molecule has 30 heavy (non-hydrogen) atoms. The van der Waals surface area contributed by atoms with Crippen LogP contribution in [0.15, 0.2) is 67.1 Å². The number of aromatic nitrogens is 6. The lowest BCUT2D eigenvalue weighted by molar-refractivity contribution is 1.12. The fraction of sp³-hybridized carbons (Fsp3) is 0.0435. The Balaban J connectivity index is 1.52. The molecule has 2 N–H and O–H groups in total. The first-order valence-electron chi connectivity index (χ1n) is 9.57. The summed E-state index contributed by atoms with van der Waals surface area (Å²) >= 11 is 1.75. The van der Waals surface area contributed by atoms with Gasteiger partial charge in [-0.05, 0) is 55.5 Å². The van der Waals surface area contributed by atoms with Crippen LogP contribution in [0.5, 0.6) is 0 Å². The van der Waals surface area contributed by atoms with Crippen LogP contribution in [0.25, 0.3) is 55.2 Å². The molecule has 6 heterocycles. The highest BCUT2D eigenvalue weighted by atomic mass is 32.1. The maximum atomic E-state index is 4.87. The Hall–Kier alpha value is -3.84. The van der Waals surface area contributed by atoms with Crippen molar-refractivity contribution >= 4 is 33.3 Å². The van der Waals surface area contributed by atoms with Crippen LogP contribution in [-0.4, -0.2) is 30.1 Å². The van der Waals surface area contributed by atoms with Gasteiger partial charge in [0.15, 0.2) is 0 Å². The second-order valence-electron chi connectivity index (χ2n) is 7.12. The molecule has 0 aliphatic rings. The van der Waals surface area contributed by atoms with Crippen LogP contribution < -0.4 is 0 Å². The molecule has 6 aromatic heterocycles. The summed E-state index contributed by atoms with van der Waals surface area (Å²) in [4.78, 5) is 19.6. The Morgan fingerprint density at radius 2 is 1.90 bits per heavy atom. The van der Waals surface area contributed by atoms with E-state index in [1.807, 2.05) is 42.7 Å². The number of nitrogens with one attached hydrogen (secondary N) is 2. The average molecular weight is 408 g/mol. The molecule has 0 bridgehead atoms. The molecule has 0 unspecified atom stereocenters. The molecule has 144 valence electrons. The van der Waals surface area contributed by atoms with Crippen molar-refractivity contribution in [2.24, 2.45) is 0 Å². The second kappa shape index (κ2) is 6.60. The van der Waals surface area contributed by atoms with E-state index in [4.69, 9.17) is 4.98 Å². The van der Waals surface area contributed by atoms with E-state index in [9.17, 15) is 0 Å². The van der Waals surface area contributed by atoms with E-state index in [2.05, 4.69) is 50.3 Å². The minimum Gasteiger partial charge on any atom is -0.353 e. The summed E-state index contributed by atoms with van der Waals surface area (Å²) in [6, 6.07) is 16.3. The summed E-state index contributed by atoms with van der Waals surface area (Å²) in [6.07, 6.45) is 5.42. The summed E-state index contributed by atoms with van der Waals surface area (Å²) in [7, 11) is 0. The van der Waals surface area contributed by atoms with Crippen molar-refractivity contribution in [1.82, 2.24) is 30.1 Å². The minimum absolute atomic E-state index is 0.792. The highest BCUT2D eigenvalue weighted by Gasteiger charge is 2.16. The van der Waals surface area contributed by atoms with Gasteiger partial charge in [0, 0.05) is 39.9 Å². The van der Waals surface area contributed by atoms with Gasteiger partial charge >= 0.3 is 0 Å². The Kier molecular flexibility index (Phi) is 3.75. The average Bonchev–Trinajstić information content (AvgIpc) is 3.51. The number of rotatable bonds is 3. The lowest BCUT2D eigenvalue weighted by Crippen LogP contribution is -1.86. The van der Waals surface area contributed by atoms with Crippen LogP contribution in [0.2, 0.25) is 0 Å². The molecule has 0 spiro atoms. The maximum Gasteiger partial charge on any atom is 0.135 e. The number of H-pyrrole nitrogens is 2. The third-order valence-electron chi connectivity index (χ3n) is 5.14. The third kappa shape index (κ3) is 2.71. The summed E-state index contributed by atoms with van der Waals surface area (Å²) in [6.45, 7) is 2.11. The predicted octanol–water partition coefficient (Wildman–Crippen LogP) is 5.60. The highest BCUT2D eigenvalue weighted by Crippen LogP contribution is 2.35. The van der Waals surface area contributed by atoms with E-state index in [1.165, 1.54) is 4.88 Å². The number of thiophene rings is 1. The third-order valence-corrected chi connectivity index (χ3v) is 6.15. The van der Waals surface area contributed by atoms with Crippen molar-refractivity contribution in [3.63, 3.8) is 0 Å². The van der Waals surface area contributed by atoms with E-state index in [1.54, 1.807) is 17.5 Å². The maximum absolute atomic E-state index is 4.87. The van der Waals surface area contributed by atoms with Crippen LogP contribution in [-0.2, 0) is 0 Å². The lowest BCUT2D eigenvalue weighted by Gasteiger charge is -2.00. The molecule has 6 aromatic rings. The van der Waals surface area contributed by atoms with Crippen LogP contribution in [0.1, 0.15) is 4.88 Å². The standard InChI is InChI=1S/C23H16N6S/c1-13-4-7-20(30-13)21-15-11-19(26-17(15)8-10-25-21)23-22-18(28-29-23)6-5-16(27-22)14-3-2-9-24-12-14/h2-12,26H,1H3,(H,28,29). The summed E-state index contributed by atoms with van der Waals surface area (Å²) in [5.74, 6) is 0. The number of fused-ring (bicyclic) bond motifs is 2. The monoisotopic (exact) mass is 408 g/mol. The first-order chi connectivity index (χ1) is 14.8. The van der Waals surface area contributed by atoms with Crippen molar-refractivity contribution in [2.45, 2.75) is 6.92 Å². The zero-order valence-electron chi connectivity index (χ0n) is 16.0. The SMILES string of the molecule is Cc1ccc(-c2nccc3[nH]c(-c4n[nH]c5ccc(-c6cccnc6)nc45)cc23)s1. The molecule has 0 aliphatic carbocycles. The van der Waals surface area contributed by atoms with E-state index < -0.39 is 0 Å². The molecule has 6 rings (SSSR count). The first kappa shape index (κ1) is 17.1. The van der Waals surface area contributed by atoms with Crippen molar-refractivity contribution < 1.29 is 0 Å². The van der Waals surface area contributed by atoms with Gasteiger partial charge in [-0.2, -0.15) is 5.10 Å². The zero-order chi connectivity index (χ0) is 20.1. The largest absolute Gasteiger partial charge is 0.353 e. The van der Waals surface area contributed by atoms with E-state index >= 15 is 0 Å². The molecular formula is C23H16N6S. The molecule has 0 atom stereocenters. The quantitative estimate of drug-likeness (QED) is 0.399. The molecule has 0 aliphatic heterocycles. The number of hydrogen-bond acceptors (Lipinski definition) is 5. The van der Waals surface area contributed by atoms with Crippen molar-refractivity contribution in [1.29, 1.82) is 0 Å². The summed E-state index contributed by atoms with van der Waals surface area (Å²) in [5.41, 5.74) is 7.27. The van der Waals surface area contributed by atoms with Crippen molar-refractivity contribution in [3.05, 3.63) is 72.0 Å². The Labute approximate surface area is 175 Å². The van der Waals surface area contributed by atoms with Crippen LogP contribution in [0.4, 0.5) is 0 Å². The van der Waals surface area contributed by atoms with Gasteiger partial charge in [0.25, 0.3) is 0 Å². The smallest absolute Gasteiger partial charge is 0.135 e. The van der Waals surface area contributed by atoms with Crippen LogP contribution >= 0.6 is 11.3 Å². The molecule has 6 nitrogen and oxygen atoms in total. The molecule has 0 saturated carbocycles. The van der Waals surface area contributed by atoms with Crippen LogP contribution in [0.3, 0.4) is 0 Å². The lowest BCUT2D eigenvalue weighted by atomic mass is 10.1. The predicted molar refractivity (Wildman–Crippen MR) is 120 cm³/mol. The van der Waals surface area contributed by atoms with Gasteiger partial charge < -0.3 is 4.98 Å². The molecule has 0 saturated heterocycles. The van der Waals surface area contributed by atoms with Gasteiger partial charge in [0.05, 0.1) is 27.5 Å². The Bertz CT molecular complexity index is 1510. The van der Waals surface area contributed by atoms with Crippen LogP contribution in [0, 0.1) is 6.92 Å². The number of hydrogen-bond donors (Lipinski definition) is 2. The summed E-state index contributed by atoms with van der Waals surface area (Å²) in [5, 5.41) is 8.73. The van der Waals surface area contributed by atoms with Crippen molar-refractivity contribution in [2.75, 3.05) is 0 Å². The number of nitrogens with zero attached hydrogens (tertiary/aromatic N) is 4. The van der Waals surface area contributed by atoms with E-state index in [-0.39, 0.29) is 0 Å². The molecule has 0 radical (unpaired) electrons. The molecule has 0 fully saturated rings. The fourth-order valence-electron chi connectivity index (χ4n) is 3.70. The van der Waals surface area contributed by atoms with E-state index in [0.717, 1.165) is 55.2 Å². The topological polar surface area (TPSA) is 83.1 Å². The highest BCUT2D eigenvalue weighted by molar-refractivity contribution is 7.15. The van der Waals surface area contributed by atoms with E-state index in [0.29, 0.717) is 0 Å². The first-order valence-corrected chi connectivity index (χ1v) is 10.4. The number of aromatic amines is 2. The Morgan fingerprint density at radius 1 is 0.933 bits per heavy atom. The fourth-order valence-corrected chi connectivity index (χ4v) is 4.58. The van der Waals surface area contributed by atoms with Gasteiger partial charge in [0.1, 0.15) is 11.2 Å². The molecule has 0 aromatic carbocycles. The second-order valence-corrected chi connectivity index (χ2v) is 8.41. The summed E-state index contributed by atoms with van der Waals surface area (Å²) < 4.78 is 0. The normalized spacial score (nSPS) is 11.5. The van der Waals surface area contributed by atoms with Crippen molar-refractivity contribution in [3.8, 4) is 33.2 Å².